The van der Waals surface area contributed by atoms with Crippen LogP contribution >= 0.6 is 23.2 Å². The van der Waals surface area contributed by atoms with Gasteiger partial charge in [0.1, 0.15) is 12.4 Å². The normalized spacial score (nSPS) is 18.3. The highest BCUT2D eigenvalue weighted by Gasteiger charge is 2.35. The number of piperidine rings is 1. The number of ether oxygens (including phenoxy) is 1. The summed E-state index contributed by atoms with van der Waals surface area (Å²) in [6, 6.07) is 17.8. The third-order valence-corrected chi connectivity index (χ3v) is 7.92. The molecule has 0 bridgehead atoms. The number of aryl methyl sites for hydroxylation is 1. The standard InChI is InChI=1S/C30H32Cl2N2O2/c1-20-9-4-5-10-23(20)24-18-22(36-16-15-33-13-6-3-7-14-33)19-28-25(24)17-21(2)30(35)34(28)29-26(31)11-8-12-27(29)32/h4-5,8-12,18-19,21H,3,6-7,13-17H2,1-2H3. The van der Waals surface area contributed by atoms with Crippen molar-refractivity contribution in [3.05, 3.63) is 75.8 Å². The fraction of sp³-hybridized carbons (Fsp3) is 0.367. The average Bonchev–Trinajstić information content (AvgIpc) is 2.87. The van der Waals surface area contributed by atoms with Crippen molar-refractivity contribution < 1.29 is 9.53 Å². The summed E-state index contributed by atoms with van der Waals surface area (Å²) in [5, 5.41) is 0.898. The van der Waals surface area contributed by atoms with E-state index in [4.69, 9.17) is 27.9 Å². The molecule has 4 nitrogen and oxygen atoms in total. The van der Waals surface area contributed by atoms with Gasteiger partial charge in [0.05, 0.1) is 21.4 Å². The molecule has 0 spiro atoms. The van der Waals surface area contributed by atoms with Gasteiger partial charge in [-0.1, -0.05) is 66.9 Å². The number of carbonyl (C=O) groups is 1. The molecule has 2 aliphatic heterocycles. The third-order valence-electron chi connectivity index (χ3n) is 7.31. The topological polar surface area (TPSA) is 32.8 Å². The lowest BCUT2D eigenvalue weighted by Crippen LogP contribution is -2.37. The van der Waals surface area contributed by atoms with Gasteiger partial charge in [0.25, 0.3) is 0 Å². The van der Waals surface area contributed by atoms with Crippen LogP contribution < -0.4 is 9.64 Å². The van der Waals surface area contributed by atoms with Crippen molar-refractivity contribution in [3.63, 3.8) is 0 Å². The van der Waals surface area contributed by atoms with E-state index in [0.717, 1.165) is 47.8 Å². The van der Waals surface area contributed by atoms with Crippen LogP contribution in [0, 0.1) is 12.8 Å². The molecule has 188 valence electrons. The molecule has 1 atom stereocenters. The number of fused-ring (bicyclic) bond motifs is 1. The molecule has 0 aromatic heterocycles. The number of hydrogen-bond acceptors (Lipinski definition) is 3. The molecule has 0 saturated carbocycles. The molecule has 1 saturated heterocycles. The lowest BCUT2D eigenvalue weighted by atomic mass is 9.85. The zero-order chi connectivity index (χ0) is 25.2. The summed E-state index contributed by atoms with van der Waals surface area (Å²) in [5.41, 5.74) is 5.84. The second kappa shape index (κ2) is 10.8. The summed E-state index contributed by atoms with van der Waals surface area (Å²) < 4.78 is 6.34. The molecular formula is C30H32Cl2N2O2. The van der Waals surface area contributed by atoms with Crippen molar-refractivity contribution in [1.29, 1.82) is 0 Å². The first-order chi connectivity index (χ1) is 17.4. The highest BCUT2D eigenvalue weighted by Crippen LogP contribution is 2.47. The molecule has 6 heteroatoms. The van der Waals surface area contributed by atoms with Crippen molar-refractivity contribution >= 4 is 40.5 Å². The Morgan fingerprint density at radius 3 is 2.39 bits per heavy atom. The molecule has 36 heavy (non-hydrogen) atoms. The van der Waals surface area contributed by atoms with Gasteiger partial charge < -0.3 is 4.74 Å². The first-order valence-electron chi connectivity index (χ1n) is 12.8. The van der Waals surface area contributed by atoms with E-state index in [1.165, 1.54) is 24.8 Å². The molecule has 5 rings (SSSR count). The number of nitrogens with zero attached hydrogens (tertiary/aromatic N) is 2. The molecule has 1 unspecified atom stereocenters. The molecule has 1 fully saturated rings. The van der Waals surface area contributed by atoms with E-state index in [2.05, 4.69) is 36.1 Å². The van der Waals surface area contributed by atoms with E-state index >= 15 is 0 Å². The number of para-hydroxylation sites is 1. The van der Waals surface area contributed by atoms with Gasteiger partial charge in [0, 0.05) is 18.5 Å². The van der Waals surface area contributed by atoms with Gasteiger partial charge in [-0.2, -0.15) is 0 Å². The smallest absolute Gasteiger partial charge is 0.234 e. The van der Waals surface area contributed by atoms with Gasteiger partial charge in [0.2, 0.25) is 5.91 Å². The summed E-state index contributed by atoms with van der Waals surface area (Å²) >= 11 is 13.2. The van der Waals surface area contributed by atoms with E-state index in [1.54, 1.807) is 23.1 Å². The van der Waals surface area contributed by atoms with E-state index < -0.39 is 0 Å². The monoisotopic (exact) mass is 522 g/mol. The van der Waals surface area contributed by atoms with E-state index in [1.807, 2.05) is 19.1 Å². The molecule has 0 aliphatic carbocycles. The Hall–Kier alpha value is -2.53. The molecule has 0 N–H and O–H groups in total. The number of carbonyl (C=O) groups excluding carboxylic acids is 1. The lowest BCUT2D eigenvalue weighted by Gasteiger charge is -2.35. The Bertz CT molecular complexity index is 1250. The van der Waals surface area contributed by atoms with Crippen LogP contribution in [0.5, 0.6) is 5.75 Å². The average molecular weight is 524 g/mol. The number of benzene rings is 3. The summed E-state index contributed by atoms with van der Waals surface area (Å²) in [7, 11) is 0. The lowest BCUT2D eigenvalue weighted by molar-refractivity contribution is -0.121. The van der Waals surface area contributed by atoms with Crippen molar-refractivity contribution in [2.45, 2.75) is 39.5 Å². The molecule has 2 heterocycles. The SMILES string of the molecule is Cc1ccccc1-c1cc(OCCN2CCCCC2)cc2c1CC(C)C(=O)N2c1c(Cl)cccc1Cl. The third kappa shape index (κ3) is 5.00. The summed E-state index contributed by atoms with van der Waals surface area (Å²) in [4.78, 5) is 17.8. The van der Waals surface area contributed by atoms with Crippen molar-refractivity contribution in [2.24, 2.45) is 5.92 Å². The maximum absolute atomic E-state index is 13.6. The van der Waals surface area contributed by atoms with Crippen LogP contribution in [0.3, 0.4) is 0 Å². The summed E-state index contributed by atoms with van der Waals surface area (Å²) in [6.45, 7) is 7.84. The second-order valence-electron chi connectivity index (χ2n) is 9.88. The minimum absolute atomic E-state index is 0.0151. The van der Waals surface area contributed by atoms with Crippen LogP contribution in [0.2, 0.25) is 10.0 Å². The molecule has 1 amide bonds. The maximum Gasteiger partial charge on any atom is 0.234 e. The van der Waals surface area contributed by atoms with Crippen LogP contribution in [-0.4, -0.2) is 37.0 Å². The molecule has 3 aromatic carbocycles. The zero-order valence-electron chi connectivity index (χ0n) is 20.9. The van der Waals surface area contributed by atoms with Gasteiger partial charge in [-0.3, -0.25) is 14.6 Å². The number of anilines is 2. The Labute approximate surface area is 223 Å². The van der Waals surface area contributed by atoms with Crippen LogP contribution in [0.1, 0.15) is 37.3 Å². The second-order valence-corrected chi connectivity index (χ2v) is 10.7. The minimum Gasteiger partial charge on any atom is -0.492 e. The molecular weight excluding hydrogens is 491 g/mol. The number of amides is 1. The number of rotatable bonds is 6. The highest BCUT2D eigenvalue weighted by molar-refractivity contribution is 6.40. The quantitative estimate of drug-likeness (QED) is 0.332. The Balaban J connectivity index is 1.61. The first kappa shape index (κ1) is 25.1. The number of likely N-dealkylation sites (tertiary alicyclic amines) is 1. The van der Waals surface area contributed by atoms with Crippen LogP contribution in [-0.2, 0) is 11.2 Å². The van der Waals surface area contributed by atoms with Gasteiger partial charge in [0.15, 0.2) is 0 Å². The van der Waals surface area contributed by atoms with Crippen molar-refractivity contribution in [1.82, 2.24) is 4.90 Å². The highest BCUT2D eigenvalue weighted by atomic mass is 35.5. The Kier molecular flexibility index (Phi) is 7.57. The molecule has 2 aliphatic rings. The van der Waals surface area contributed by atoms with E-state index in [0.29, 0.717) is 28.8 Å². The summed E-state index contributed by atoms with van der Waals surface area (Å²) in [6.07, 6.45) is 4.47. The predicted octanol–water partition coefficient (Wildman–Crippen LogP) is 7.69. The predicted molar refractivity (Wildman–Crippen MR) is 149 cm³/mol. The van der Waals surface area contributed by atoms with Crippen LogP contribution in [0.4, 0.5) is 11.4 Å². The molecule has 3 aromatic rings. The van der Waals surface area contributed by atoms with Gasteiger partial charge in [-0.25, -0.2) is 0 Å². The fourth-order valence-electron chi connectivity index (χ4n) is 5.39. The van der Waals surface area contributed by atoms with Gasteiger partial charge in [-0.05, 0) is 79.7 Å². The Morgan fingerprint density at radius 2 is 1.67 bits per heavy atom. The van der Waals surface area contributed by atoms with Crippen molar-refractivity contribution in [3.8, 4) is 16.9 Å². The fourth-order valence-corrected chi connectivity index (χ4v) is 5.95. The number of hydrogen-bond donors (Lipinski definition) is 0. The van der Waals surface area contributed by atoms with Crippen LogP contribution in [0.25, 0.3) is 11.1 Å². The van der Waals surface area contributed by atoms with E-state index in [-0.39, 0.29) is 11.8 Å². The number of halogens is 2. The van der Waals surface area contributed by atoms with Crippen molar-refractivity contribution in [2.75, 3.05) is 31.1 Å². The zero-order valence-corrected chi connectivity index (χ0v) is 22.4. The molecule has 0 radical (unpaired) electrons. The maximum atomic E-state index is 13.6. The van der Waals surface area contributed by atoms with Crippen LogP contribution in [0.15, 0.2) is 54.6 Å². The van der Waals surface area contributed by atoms with E-state index in [9.17, 15) is 4.79 Å². The largest absolute Gasteiger partial charge is 0.492 e. The van der Waals surface area contributed by atoms with Gasteiger partial charge >= 0.3 is 0 Å². The Morgan fingerprint density at radius 1 is 0.944 bits per heavy atom. The summed E-state index contributed by atoms with van der Waals surface area (Å²) in [5.74, 6) is 0.525. The van der Waals surface area contributed by atoms with Gasteiger partial charge in [-0.15, -0.1) is 0 Å². The minimum atomic E-state index is -0.210. The first-order valence-corrected chi connectivity index (χ1v) is 13.6.